The van der Waals surface area contributed by atoms with Crippen LogP contribution in [-0.2, 0) is 11.8 Å². The van der Waals surface area contributed by atoms with E-state index in [2.05, 4.69) is 5.10 Å². The molecule has 1 heterocycles. The summed E-state index contributed by atoms with van der Waals surface area (Å²) in [6.45, 7) is 4.54. The van der Waals surface area contributed by atoms with Gasteiger partial charge in [-0.15, -0.1) is 0 Å². The van der Waals surface area contributed by atoms with E-state index in [0.717, 1.165) is 5.56 Å². The summed E-state index contributed by atoms with van der Waals surface area (Å²) in [6.07, 6.45) is 3.91. The summed E-state index contributed by atoms with van der Waals surface area (Å²) in [5, 5.41) is 4.05. The van der Waals surface area contributed by atoms with Crippen molar-refractivity contribution in [2.75, 3.05) is 6.61 Å². The van der Waals surface area contributed by atoms with E-state index in [9.17, 15) is 0 Å². The highest BCUT2D eigenvalue weighted by atomic mass is 16.5. The lowest BCUT2D eigenvalue weighted by Crippen LogP contribution is -2.19. The average molecular weight is 183 g/mol. The molecule has 4 heteroatoms. The van der Waals surface area contributed by atoms with Gasteiger partial charge >= 0.3 is 0 Å². The van der Waals surface area contributed by atoms with E-state index in [1.54, 1.807) is 10.9 Å². The maximum Gasteiger partial charge on any atom is 0.0664 e. The molecule has 0 aliphatic heterocycles. The molecule has 1 atom stereocenters. The molecule has 1 unspecified atom stereocenters. The lowest BCUT2D eigenvalue weighted by atomic mass is 10.2. The Morgan fingerprint density at radius 2 is 2.31 bits per heavy atom. The number of aryl methyl sites for hydroxylation is 1. The number of hydrogen-bond acceptors (Lipinski definition) is 3. The Balaban J connectivity index is 2.44. The van der Waals surface area contributed by atoms with Crippen molar-refractivity contribution in [1.82, 2.24) is 9.78 Å². The molecule has 1 aromatic heterocycles. The van der Waals surface area contributed by atoms with E-state index in [1.165, 1.54) is 0 Å². The highest BCUT2D eigenvalue weighted by Crippen LogP contribution is 2.09. The van der Waals surface area contributed by atoms with Gasteiger partial charge in [-0.3, -0.25) is 4.68 Å². The number of rotatable bonds is 4. The van der Waals surface area contributed by atoms with E-state index in [4.69, 9.17) is 10.5 Å². The van der Waals surface area contributed by atoms with Crippen LogP contribution in [0, 0.1) is 0 Å². The largest absolute Gasteiger partial charge is 0.377 e. The summed E-state index contributed by atoms with van der Waals surface area (Å²) in [7, 11) is 1.87. The molecular formula is C9H17N3O. The second kappa shape index (κ2) is 4.39. The summed E-state index contributed by atoms with van der Waals surface area (Å²) in [5.41, 5.74) is 6.90. The smallest absolute Gasteiger partial charge is 0.0664 e. The molecule has 0 spiro atoms. The van der Waals surface area contributed by atoms with Crippen LogP contribution in [0.15, 0.2) is 12.4 Å². The molecule has 0 radical (unpaired) electrons. The molecule has 0 aliphatic rings. The van der Waals surface area contributed by atoms with Gasteiger partial charge in [0.15, 0.2) is 0 Å². The number of nitrogens with two attached hydrogens (primary N) is 1. The summed E-state index contributed by atoms with van der Waals surface area (Å²) >= 11 is 0. The molecule has 0 amide bonds. The Morgan fingerprint density at radius 3 is 2.77 bits per heavy atom. The van der Waals surface area contributed by atoms with Gasteiger partial charge in [-0.2, -0.15) is 5.10 Å². The van der Waals surface area contributed by atoms with Gasteiger partial charge in [0.1, 0.15) is 0 Å². The van der Waals surface area contributed by atoms with Crippen molar-refractivity contribution >= 4 is 0 Å². The van der Waals surface area contributed by atoms with E-state index < -0.39 is 0 Å². The SMILES string of the molecule is CC(C)OCC(N)c1cnn(C)c1. The maximum absolute atomic E-state index is 5.88. The predicted molar refractivity (Wildman–Crippen MR) is 51.2 cm³/mol. The van der Waals surface area contributed by atoms with Crippen LogP contribution in [0.4, 0.5) is 0 Å². The van der Waals surface area contributed by atoms with Crippen LogP contribution in [0.2, 0.25) is 0 Å². The fourth-order valence-corrected chi connectivity index (χ4v) is 1.02. The molecular weight excluding hydrogens is 166 g/mol. The van der Waals surface area contributed by atoms with Crippen LogP contribution in [0.5, 0.6) is 0 Å². The van der Waals surface area contributed by atoms with Crippen molar-refractivity contribution in [3.8, 4) is 0 Å². The van der Waals surface area contributed by atoms with Crippen molar-refractivity contribution in [2.24, 2.45) is 12.8 Å². The van der Waals surface area contributed by atoms with Gasteiger partial charge in [0.25, 0.3) is 0 Å². The summed E-state index contributed by atoms with van der Waals surface area (Å²) in [6, 6.07) is -0.0731. The van der Waals surface area contributed by atoms with Gasteiger partial charge in [0.2, 0.25) is 0 Å². The minimum Gasteiger partial charge on any atom is -0.377 e. The molecule has 2 N–H and O–H groups in total. The Labute approximate surface area is 78.7 Å². The summed E-state index contributed by atoms with van der Waals surface area (Å²) in [4.78, 5) is 0. The number of hydrogen-bond donors (Lipinski definition) is 1. The highest BCUT2D eigenvalue weighted by Gasteiger charge is 2.08. The fraction of sp³-hybridized carbons (Fsp3) is 0.667. The van der Waals surface area contributed by atoms with Crippen LogP contribution in [0.3, 0.4) is 0 Å². The van der Waals surface area contributed by atoms with Crippen molar-refractivity contribution < 1.29 is 4.74 Å². The van der Waals surface area contributed by atoms with Gasteiger partial charge < -0.3 is 10.5 Å². The van der Waals surface area contributed by atoms with Gasteiger partial charge in [-0.1, -0.05) is 0 Å². The molecule has 4 nitrogen and oxygen atoms in total. The molecule has 0 bridgehead atoms. The van der Waals surface area contributed by atoms with Gasteiger partial charge in [0, 0.05) is 18.8 Å². The van der Waals surface area contributed by atoms with Gasteiger partial charge in [-0.25, -0.2) is 0 Å². The summed E-state index contributed by atoms with van der Waals surface area (Å²) in [5.74, 6) is 0. The molecule has 0 aliphatic carbocycles. The zero-order valence-electron chi connectivity index (χ0n) is 8.40. The van der Waals surface area contributed by atoms with Crippen molar-refractivity contribution in [3.05, 3.63) is 18.0 Å². The molecule has 74 valence electrons. The zero-order valence-corrected chi connectivity index (χ0v) is 8.40. The molecule has 0 saturated heterocycles. The fourth-order valence-electron chi connectivity index (χ4n) is 1.02. The first-order valence-corrected chi connectivity index (χ1v) is 4.45. The number of ether oxygens (including phenoxy) is 1. The third-order valence-electron chi connectivity index (χ3n) is 1.76. The van der Waals surface area contributed by atoms with Gasteiger partial charge in [-0.05, 0) is 13.8 Å². The third kappa shape index (κ3) is 3.16. The Morgan fingerprint density at radius 1 is 1.62 bits per heavy atom. The average Bonchev–Trinajstić information content (AvgIpc) is 2.47. The summed E-state index contributed by atoms with van der Waals surface area (Å²) < 4.78 is 7.15. The topological polar surface area (TPSA) is 53.1 Å². The standard InChI is InChI=1S/C9H17N3O/c1-7(2)13-6-9(10)8-4-11-12(3)5-8/h4-5,7,9H,6,10H2,1-3H3. The highest BCUT2D eigenvalue weighted by molar-refractivity contribution is 5.09. The second-order valence-corrected chi connectivity index (χ2v) is 3.44. The first-order chi connectivity index (χ1) is 6.09. The Hall–Kier alpha value is -0.870. The van der Waals surface area contributed by atoms with Crippen LogP contribution >= 0.6 is 0 Å². The number of aromatic nitrogens is 2. The second-order valence-electron chi connectivity index (χ2n) is 3.44. The van der Waals surface area contributed by atoms with Crippen LogP contribution < -0.4 is 5.73 Å². The predicted octanol–water partition coefficient (Wildman–Crippen LogP) is 0.845. The molecule has 13 heavy (non-hydrogen) atoms. The minimum atomic E-state index is -0.0731. The molecule has 0 aromatic carbocycles. The normalized spacial score (nSPS) is 13.6. The quantitative estimate of drug-likeness (QED) is 0.752. The first kappa shape index (κ1) is 10.2. The van der Waals surface area contributed by atoms with E-state index in [1.807, 2.05) is 27.1 Å². The molecule has 0 fully saturated rings. The van der Waals surface area contributed by atoms with Crippen LogP contribution in [-0.4, -0.2) is 22.5 Å². The molecule has 1 rings (SSSR count). The maximum atomic E-state index is 5.88. The van der Waals surface area contributed by atoms with Crippen LogP contribution in [0.25, 0.3) is 0 Å². The lowest BCUT2D eigenvalue weighted by Gasteiger charge is -2.12. The lowest BCUT2D eigenvalue weighted by molar-refractivity contribution is 0.0683. The Bertz CT molecular complexity index is 257. The van der Waals surface area contributed by atoms with E-state index >= 15 is 0 Å². The monoisotopic (exact) mass is 183 g/mol. The first-order valence-electron chi connectivity index (χ1n) is 4.45. The number of nitrogens with zero attached hydrogens (tertiary/aromatic N) is 2. The third-order valence-corrected chi connectivity index (χ3v) is 1.76. The van der Waals surface area contributed by atoms with E-state index in [-0.39, 0.29) is 12.1 Å². The minimum absolute atomic E-state index is 0.0731. The van der Waals surface area contributed by atoms with Crippen LogP contribution in [0.1, 0.15) is 25.5 Å². The zero-order chi connectivity index (χ0) is 9.84. The molecule has 1 aromatic rings. The Kier molecular flexibility index (Phi) is 3.45. The van der Waals surface area contributed by atoms with Crippen molar-refractivity contribution in [3.63, 3.8) is 0 Å². The van der Waals surface area contributed by atoms with Crippen molar-refractivity contribution in [1.29, 1.82) is 0 Å². The molecule has 0 saturated carbocycles. The van der Waals surface area contributed by atoms with Gasteiger partial charge in [0.05, 0.1) is 24.9 Å². The van der Waals surface area contributed by atoms with E-state index in [0.29, 0.717) is 6.61 Å². The van der Waals surface area contributed by atoms with Crippen molar-refractivity contribution in [2.45, 2.75) is 26.0 Å².